The molecule has 5 aliphatic rings. The van der Waals surface area contributed by atoms with Crippen molar-refractivity contribution in [1.29, 1.82) is 0 Å². The van der Waals surface area contributed by atoms with Gasteiger partial charge in [0.1, 0.15) is 0 Å². The number of rotatable bonds is 7. The third kappa shape index (κ3) is 3.17. The minimum atomic E-state index is 0.702. The molecule has 0 saturated heterocycles. The van der Waals surface area contributed by atoms with Gasteiger partial charge < -0.3 is 0 Å². The number of pyridine rings is 1. The molecule has 1 aromatic heterocycles. The predicted molar refractivity (Wildman–Crippen MR) is 103 cm³/mol. The molecule has 25 heavy (non-hydrogen) atoms. The van der Waals surface area contributed by atoms with E-state index in [4.69, 9.17) is 0 Å². The topological polar surface area (TPSA) is 12.9 Å². The van der Waals surface area contributed by atoms with Crippen molar-refractivity contribution in [2.75, 3.05) is 0 Å². The summed E-state index contributed by atoms with van der Waals surface area (Å²) in [7, 11) is 0. The maximum Gasteiger partial charge on any atom is 0.0270 e. The average molecular weight is 338 g/mol. The standard InChI is InChI=1S/C24H35N/c1-2-21(22-3-9-25-10-4-22)17-23(5-6-23)7-8-24-14-18-11-19(15-24)13-20(12-18)16-24/h3-4,9-10,18-21H,2,5-8,11-17H2,1H3. The van der Waals surface area contributed by atoms with Gasteiger partial charge in [-0.25, -0.2) is 0 Å². The third-order valence-corrected chi connectivity index (χ3v) is 8.66. The Hall–Kier alpha value is -0.850. The molecule has 0 spiro atoms. The van der Waals surface area contributed by atoms with E-state index in [-0.39, 0.29) is 0 Å². The summed E-state index contributed by atoms with van der Waals surface area (Å²) in [5.41, 5.74) is 3.01. The van der Waals surface area contributed by atoms with Crippen molar-refractivity contribution >= 4 is 0 Å². The van der Waals surface area contributed by atoms with E-state index in [1.165, 1.54) is 37.7 Å². The van der Waals surface area contributed by atoms with Crippen LogP contribution >= 0.6 is 0 Å². The molecule has 1 unspecified atom stereocenters. The lowest BCUT2D eigenvalue weighted by Gasteiger charge is -2.57. The van der Waals surface area contributed by atoms with Crippen LogP contribution in [0, 0.1) is 28.6 Å². The second-order valence-corrected chi connectivity index (χ2v) is 10.5. The first-order valence-electron chi connectivity index (χ1n) is 11.1. The fraction of sp³-hybridized carbons (Fsp3) is 0.792. The van der Waals surface area contributed by atoms with Gasteiger partial charge in [0.2, 0.25) is 0 Å². The van der Waals surface area contributed by atoms with Crippen molar-refractivity contribution in [3.05, 3.63) is 30.1 Å². The average Bonchev–Trinajstić information content (AvgIpc) is 3.38. The Kier molecular flexibility index (Phi) is 3.99. The zero-order valence-electron chi connectivity index (χ0n) is 16.1. The summed E-state index contributed by atoms with van der Waals surface area (Å²) in [6.45, 7) is 2.38. The zero-order valence-corrected chi connectivity index (χ0v) is 16.1. The molecular formula is C24H35N. The minimum absolute atomic E-state index is 0.702. The molecular weight excluding hydrogens is 302 g/mol. The molecule has 0 aliphatic heterocycles. The molecule has 0 amide bonds. The van der Waals surface area contributed by atoms with Crippen molar-refractivity contribution in [2.45, 2.75) is 89.9 Å². The van der Waals surface area contributed by atoms with Crippen LogP contribution in [0.2, 0.25) is 0 Å². The van der Waals surface area contributed by atoms with E-state index in [1.807, 2.05) is 12.4 Å². The van der Waals surface area contributed by atoms with Gasteiger partial charge in [-0.3, -0.25) is 4.98 Å². The first-order valence-corrected chi connectivity index (χ1v) is 11.1. The van der Waals surface area contributed by atoms with Crippen LogP contribution in [0.4, 0.5) is 0 Å². The Bertz CT molecular complexity index is 564. The van der Waals surface area contributed by atoms with E-state index < -0.39 is 0 Å². The van der Waals surface area contributed by atoms with Crippen LogP contribution in [0.5, 0.6) is 0 Å². The number of aromatic nitrogens is 1. The molecule has 1 heterocycles. The first kappa shape index (κ1) is 16.3. The monoisotopic (exact) mass is 337 g/mol. The first-order chi connectivity index (χ1) is 12.2. The van der Waals surface area contributed by atoms with Crippen molar-refractivity contribution in [2.24, 2.45) is 28.6 Å². The molecule has 0 radical (unpaired) electrons. The van der Waals surface area contributed by atoms with Crippen LogP contribution in [0.25, 0.3) is 0 Å². The van der Waals surface area contributed by atoms with Crippen molar-refractivity contribution in [3.8, 4) is 0 Å². The maximum atomic E-state index is 4.22. The summed E-state index contributed by atoms with van der Waals surface area (Å²) in [5, 5.41) is 0. The van der Waals surface area contributed by atoms with E-state index in [9.17, 15) is 0 Å². The van der Waals surface area contributed by atoms with E-state index in [0.717, 1.165) is 29.1 Å². The van der Waals surface area contributed by atoms with Gasteiger partial charge in [-0.05, 0) is 129 Å². The highest BCUT2D eigenvalue weighted by atomic mass is 14.6. The van der Waals surface area contributed by atoms with Crippen molar-refractivity contribution in [1.82, 2.24) is 4.98 Å². The summed E-state index contributed by atoms with van der Waals surface area (Å²) >= 11 is 0. The predicted octanol–water partition coefficient (Wildman–Crippen LogP) is 6.74. The van der Waals surface area contributed by atoms with Crippen LogP contribution in [-0.2, 0) is 0 Å². The smallest absolute Gasteiger partial charge is 0.0270 e. The lowest BCUT2D eigenvalue weighted by atomic mass is 9.48. The Morgan fingerprint density at radius 2 is 1.56 bits per heavy atom. The van der Waals surface area contributed by atoms with Gasteiger partial charge in [-0.1, -0.05) is 6.92 Å². The molecule has 1 nitrogen and oxygen atoms in total. The van der Waals surface area contributed by atoms with Crippen LogP contribution < -0.4 is 0 Å². The lowest BCUT2D eigenvalue weighted by Crippen LogP contribution is -2.46. The van der Waals surface area contributed by atoms with Crippen LogP contribution in [-0.4, -0.2) is 4.98 Å². The van der Waals surface area contributed by atoms with Gasteiger partial charge in [0.05, 0.1) is 0 Å². The van der Waals surface area contributed by atoms with Crippen LogP contribution in [0.1, 0.15) is 95.5 Å². The molecule has 1 aromatic rings. The highest BCUT2D eigenvalue weighted by Crippen LogP contribution is 2.64. The normalized spacial score (nSPS) is 38.7. The Morgan fingerprint density at radius 3 is 2.08 bits per heavy atom. The zero-order chi connectivity index (χ0) is 16.9. The highest BCUT2D eigenvalue weighted by molar-refractivity contribution is 5.17. The quantitative estimate of drug-likeness (QED) is 0.536. The van der Waals surface area contributed by atoms with Crippen LogP contribution in [0.3, 0.4) is 0 Å². The summed E-state index contributed by atoms with van der Waals surface area (Å²) < 4.78 is 0. The molecule has 1 heteroatoms. The number of hydrogen-bond acceptors (Lipinski definition) is 1. The molecule has 0 aromatic carbocycles. The largest absolute Gasteiger partial charge is 0.265 e. The summed E-state index contributed by atoms with van der Waals surface area (Å²) in [5.74, 6) is 4.09. The lowest BCUT2D eigenvalue weighted by molar-refractivity contribution is -0.0609. The summed E-state index contributed by atoms with van der Waals surface area (Å²) in [6, 6.07) is 4.51. The van der Waals surface area contributed by atoms with E-state index >= 15 is 0 Å². The molecule has 5 aliphatic carbocycles. The Morgan fingerprint density at radius 1 is 0.960 bits per heavy atom. The van der Waals surface area contributed by atoms with Crippen molar-refractivity contribution in [3.63, 3.8) is 0 Å². The molecule has 0 N–H and O–H groups in total. The van der Waals surface area contributed by atoms with Crippen molar-refractivity contribution < 1.29 is 0 Å². The number of nitrogens with zero attached hydrogens (tertiary/aromatic N) is 1. The molecule has 5 saturated carbocycles. The summed E-state index contributed by atoms with van der Waals surface area (Å²) in [4.78, 5) is 4.22. The Balaban J connectivity index is 1.24. The Labute approximate surface area is 154 Å². The third-order valence-electron chi connectivity index (χ3n) is 8.66. The van der Waals surface area contributed by atoms with Gasteiger partial charge >= 0.3 is 0 Å². The molecule has 5 fully saturated rings. The van der Waals surface area contributed by atoms with Crippen LogP contribution in [0.15, 0.2) is 24.5 Å². The fourth-order valence-electron chi connectivity index (χ4n) is 7.52. The molecule has 1 atom stereocenters. The molecule has 6 rings (SSSR count). The molecule has 4 bridgehead atoms. The van der Waals surface area contributed by atoms with Gasteiger partial charge in [0.15, 0.2) is 0 Å². The SMILES string of the molecule is CCC(CC1(CCC23CC4CC(CC(C4)C2)C3)CC1)c1ccncc1. The van der Waals surface area contributed by atoms with E-state index in [1.54, 1.807) is 44.9 Å². The van der Waals surface area contributed by atoms with Gasteiger partial charge in [-0.15, -0.1) is 0 Å². The van der Waals surface area contributed by atoms with E-state index in [0.29, 0.717) is 5.41 Å². The number of hydrogen-bond donors (Lipinski definition) is 0. The summed E-state index contributed by atoms with van der Waals surface area (Å²) in [6.07, 6.45) is 22.3. The van der Waals surface area contributed by atoms with Gasteiger partial charge in [0.25, 0.3) is 0 Å². The second kappa shape index (κ2) is 6.10. The fourth-order valence-corrected chi connectivity index (χ4v) is 7.52. The molecule has 136 valence electrons. The van der Waals surface area contributed by atoms with Gasteiger partial charge in [0, 0.05) is 12.4 Å². The minimum Gasteiger partial charge on any atom is -0.265 e. The van der Waals surface area contributed by atoms with E-state index in [2.05, 4.69) is 24.0 Å². The maximum absolute atomic E-state index is 4.22. The highest BCUT2D eigenvalue weighted by Gasteiger charge is 2.52. The second-order valence-electron chi connectivity index (χ2n) is 10.5. The van der Waals surface area contributed by atoms with Gasteiger partial charge in [-0.2, -0.15) is 0 Å².